The number of hydrogen-bond donors (Lipinski definition) is 1. The number of methoxy groups -OCH3 is 1. The van der Waals surface area contributed by atoms with Crippen molar-refractivity contribution in [3.05, 3.63) is 0 Å². The van der Waals surface area contributed by atoms with Crippen molar-refractivity contribution in [3.63, 3.8) is 0 Å². The van der Waals surface area contributed by atoms with E-state index in [1.165, 1.54) is 20.0 Å². The van der Waals surface area contributed by atoms with Gasteiger partial charge in [-0.3, -0.25) is 9.69 Å². The molecule has 0 spiro atoms. The summed E-state index contributed by atoms with van der Waals surface area (Å²) in [6.45, 7) is 6.13. The Morgan fingerprint density at radius 3 is 2.59 bits per heavy atom. The molecule has 1 saturated heterocycles. The van der Waals surface area contributed by atoms with Crippen LogP contribution in [0.15, 0.2) is 0 Å². The van der Waals surface area contributed by atoms with Crippen LogP contribution in [-0.2, 0) is 9.53 Å². The second-order valence-electron chi connectivity index (χ2n) is 6.14. The molecule has 0 aromatic heterocycles. The van der Waals surface area contributed by atoms with Crippen LogP contribution in [-0.4, -0.2) is 42.1 Å². The largest absolute Gasteiger partial charge is 0.468 e. The van der Waals surface area contributed by atoms with Crippen molar-refractivity contribution in [2.24, 2.45) is 11.7 Å². The van der Waals surface area contributed by atoms with Crippen LogP contribution in [0.3, 0.4) is 0 Å². The zero-order valence-electron chi connectivity index (χ0n) is 11.2. The molecule has 2 N–H and O–H groups in total. The van der Waals surface area contributed by atoms with Crippen molar-refractivity contribution in [1.82, 2.24) is 4.90 Å². The molecule has 1 unspecified atom stereocenters. The predicted molar refractivity (Wildman–Crippen MR) is 66.5 cm³/mol. The molecule has 1 aliphatic carbocycles. The van der Waals surface area contributed by atoms with Gasteiger partial charge < -0.3 is 10.5 Å². The summed E-state index contributed by atoms with van der Waals surface area (Å²) in [4.78, 5) is 14.3. The molecule has 2 aliphatic rings. The molecule has 0 bridgehead atoms. The summed E-state index contributed by atoms with van der Waals surface area (Å²) in [5, 5.41) is 0. The van der Waals surface area contributed by atoms with Gasteiger partial charge in [0.1, 0.15) is 5.54 Å². The van der Waals surface area contributed by atoms with Gasteiger partial charge in [-0.25, -0.2) is 0 Å². The van der Waals surface area contributed by atoms with Gasteiger partial charge in [-0.2, -0.15) is 0 Å². The smallest absolute Gasteiger partial charge is 0.327 e. The Morgan fingerprint density at radius 1 is 1.53 bits per heavy atom. The first-order valence-corrected chi connectivity index (χ1v) is 6.52. The summed E-state index contributed by atoms with van der Waals surface area (Å²) < 4.78 is 4.90. The number of nitrogens with zero attached hydrogens (tertiary/aromatic N) is 1. The quantitative estimate of drug-likeness (QED) is 0.749. The molecule has 0 aromatic rings. The summed E-state index contributed by atoms with van der Waals surface area (Å²) in [5.74, 6) is 0.0639. The fourth-order valence-electron chi connectivity index (χ4n) is 2.92. The van der Waals surface area contributed by atoms with E-state index < -0.39 is 5.54 Å². The molecule has 98 valence electrons. The molecule has 1 aliphatic heterocycles. The Morgan fingerprint density at radius 2 is 2.18 bits per heavy atom. The highest BCUT2D eigenvalue weighted by Gasteiger charge is 2.51. The molecule has 0 amide bonds. The van der Waals surface area contributed by atoms with Gasteiger partial charge in [-0.05, 0) is 52.0 Å². The lowest BCUT2D eigenvalue weighted by Crippen LogP contribution is -2.60. The topological polar surface area (TPSA) is 55.6 Å². The zero-order valence-corrected chi connectivity index (χ0v) is 11.2. The van der Waals surface area contributed by atoms with Crippen LogP contribution in [0.5, 0.6) is 0 Å². The lowest BCUT2D eigenvalue weighted by atomic mass is 9.91. The molecule has 1 atom stereocenters. The van der Waals surface area contributed by atoms with Gasteiger partial charge in [0.15, 0.2) is 0 Å². The van der Waals surface area contributed by atoms with Crippen LogP contribution < -0.4 is 5.73 Å². The second-order valence-corrected chi connectivity index (χ2v) is 6.14. The van der Waals surface area contributed by atoms with Gasteiger partial charge in [0, 0.05) is 12.1 Å². The van der Waals surface area contributed by atoms with E-state index in [0.717, 1.165) is 19.4 Å². The van der Waals surface area contributed by atoms with Crippen LogP contribution >= 0.6 is 0 Å². The molecule has 2 rings (SSSR count). The Hall–Kier alpha value is -0.610. The van der Waals surface area contributed by atoms with Gasteiger partial charge in [-0.15, -0.1) is 0 Å². The fraction of sp³-hybridized carbons (Fsp3) is 0.923. The standard InChI is InChI=1S/C13H24N2O2/c1-12(2)7-4-8-15(12)9-13(14,10-5-6-10)11(16)17-3/h10H,4-9,14H2,1-3H3. The first kappa shape index (κ1) is 12.8. The lowest BCUT2D eigenvalue weighted by molar-refractivity contribution is -0.149. The molecular weight excluding hydrogens is 216 g/mol. The van der Waals surface area contributed by atoms with E-state index in [1.807, 2.05) is 0 Å². The van der Waals surface area contributed by atoms with E-state index in [0.29, 0.717) is 12.5 Å². The van der Waals surface area contributed by atoms with Crippen molar-refractivity contribution in [3.8, 4) is 0 Å². The van der Waals surface area contributed by atoms with Crippen LogP contribution in [0.2, 0.25) is 0 Å². The second kappa shape index (κ2) is 4.25. The third-order valence-corrected chi connectivity index (χ3v) is 4.40. The minimum Gasteiger partial charge on any atom is -0.468 e. The van der Waals surface area contributed by atoms with Gasteiger partial charge >= 0.3 is 5.97 Å². The number of likely N-dealkylation sites (tertiary alicyclic amines) is 1. The number of ether oxygens (including phenoxy) is 1. The molecule has 1 heterocycles. The van der Waals surface area contributed by atoms with Crippen molar-refractivity contribution in [2.75, 3.05) is 20.2 Å². The monoisotopic (exact) mass is 240 g/mol. The predicted octanol–water partition coefficient (Wildman–Crippen LogP) is 1.14. The summed E-state index contributed by atoms with van der Waals surface area (Å²) in [7, 11) is 1.43. The van der Waals surface area contributed by atoms with Crippen LogP contribution in [0.1, 0.15) is 39.5 Å². The Balaban J connectivity index is 2.10. The minimum absolute atomic E-state index is 0.160. The van der Waals surface area contributed by atoms with Gasteiger partial charge in [-0.1, -0.05) is 0 Å². The van der Waals surface area contributed by atoms with Gasteiger partial charge in [0.05, 0.1) is 7.11 Å². The van der Waals surface area contributed by atoms with E-state index in [-0.39, 0.29) is 11.5 Å². The molecule has 1 saturated carbocycles. The fourth-order valence-corrected chi connectivity index (χ4v) is 2.92. The molecule has 0 radical (unpaired) electrons. The maximum atomic E-state index is 11.9. The zero-order chi connectivity index (χ0) is 12.7. The Labute approximate surface area is 103 Å². The van der Waals surface area contributed by atoms with E-state index in [1.54, 1.807) is 0 Å². The Bertz CT molecular complexity index is 313. The summed E-state index contributed by atoms with van der Waals surface area (Å²) >= 11 is 0. The average molecular weight is 240 g/mol. The molecular formula is C13H24N2O2. The van der Waals surface area contributed by atoms with Crippen LogP contribution in [0.25, 0.3) is 0 Å². The van der Waals surface area contributed by atoms with E-state index in [4.69, 9.17) is 10.5 Å². The number of nitrogens with two attached hydrogens (primary N) is 1. The van der Waals surface area contributed by atoms with Gasteiger partial charge in [0.2, 0.25) is 0 Å². The Kier molecular flexibility index (Phi) is 3.21. The van der Waals surface area contributed by atoms with Gasteiger partial charge in [0.25, 0.3) is 0 Å². The van der Waals surface area contributed by atoms with E-state index in [2.05, 4.69) is 18.7 Å². The highest BCUT2D eigenvalue weighted by atomic mass is 16.5. The van der Waals surface area contributed by atoms with Crippen molar-refractivity contribution in [2.45, 2.75) is 50.6 Å². The summed E-state index contributed by atoms with van der Waals surface area (Å²) in [6, 6.07) is 0. The number of esters is 1. The van der Waals surface area contributed by atoms with Crippen LogP contribution in [0.4, 0.5) is 0 Å². The van der Waals surface area contributed by atoms with E-state index in [9.17, 15) is 4.79 Å². The normalized spacial score (nSPS) is 27.8. The maximum Gasteiger partial charge on any atom is 0.327 e. The third kappa shape index (κ3) is 2.33. The average Bonchev–Trinajstić information content (AvgIpc) is 3.06. The van der Waals surface area contributed by atoms with Crippen molar-refractivity contribution >= 4 is 5.97 Å². The van der Waals surface area contributed by atoms with Crippen LogP contribution in [0, 0.1) is 5.92 Å². The lowest BCUT2D eigenvalue weighted by Gasteiger charge is -2.38. The number of carbonyl (C=O) groups excluding carboxylic acids is 1. The molecule has 4 heteroatoms. The first-order valence-electron chi connectivity index (χ1n) is 6.52. The van der Waals surface area contributed by atoms with Crippen molar-refractivity contribution < 1.29 is 9.53 Å². The number of rotatable bonds is 4. The summed E-state index contributed by atoms with van der Waals surface area (Å²) in [6.07, 6.45) is 4.48. The summed E-state index contributed by atoms with van der Waals surface area (Å²) in [5.41, 5.74) is 5.71. The SMILES string of the molecule is COC(=O)C(N)(CN1CCCC1(C)C)C1CC1. The number of hydrogen-bond acceptors (Lipinski definition) is 4. The first-order chi connectivity index (χ1) is 7.90. The van der Waals surface area contributed by atoms with E-state index >= 15 is 0 Å². The number of carbonyl (C=O) groups is 1. The van der Waals surface area contributed by atoms with Crippen molar-refractivity contribution in [1.29, 1.82) is 0 Å². The third-order valence-electron chi connectivity index (χ3n) is 4.40. The maximum absolute atomic E-state index is 11.9. The minimum atomic E-state index is -0.795. The molecule has 4 nitrogen and oxygen atoms in total. The molecule has 2 fully saturated rings. The molecule has 0 aromatic carbocycles. The highest BCUT2D eigenvalue weighted by Crippen LogP contribution is 2.41. The highest BCUT2D eigenvalue weighted by molar-refractivity contribution is 5.81. The molecule has 17 heavy (non-hydrogen) atoms.